The van der Waals surface area contributed by atoms with E-state index in [4.69, 9.17) is 0 Å². The maximum atomic E-state index is 14.2. The van der Waals surface area contributed by atoms with E-state index < -0.39 is 11.7 Å². The van der Waals surface area contributed by atoms with Gasteiger partial charge in [0.2, 0.25) is 5.96 Å². The summed E-state index contributed by atoms with van der Waals surface area (Å²) < 4.78 is 15.8. The number of guanidine groups is 1. The van der Waals surface area contributed by atoms with E-state index in [2.05, 4.69) is 71.9 Å². The van der Waals surface area contributed by atoms with Crippen LogP contribution in [0, 0.1) is 9.39 Å². The lowest BCUT2D eigenvalue weighted by Crippen LogP contribution is -2.50. The zero-order valence-electron chi connectivity index (χ0n) is 14.5. The molecule has 0 unspecified atom stereocenters. The van der Waals surface area contributed by atoms with Crippen molar-refractivity contribution in [3.8, 4) is 0 Å². The third-order valence-electron chi connectivity index (χ3n) is 5.04. The first-order chi connectivity index (χ1) is 13.0. The van der Waals surface area contributed by atoms with Crippen LogP contribution < -0.4 is 10.2 Å². The summed E-state index contributed by atoms with van der Waals surface area (Å²) in [6, 6.07) is 11.1. The van der Waals surface area contributed by atoms with Crippen molar-refractivity contribution in [2.45, 2.75) is 38.3 Å². The summed E-state index contributed by atoms with van der Waals surface area (Å²) in [7, 11) is 0. The van der Waals surface area contributed by atoms with Crippen LogP contribution in [0.3, 0.4) is 0 Å². The Labute approximate surface area is 179 Å². The molecule has 1 heterocycles. The molecule has 0 aromatic heterocycles. The summed E-state index contributed by atoms with van der Waals surface area (Å²) in [5.41, 5.74) is 2.24. The minimum atomic E-state index is -0.555. The number of benzene rings is 2. The number of fused-ring (bicyclic) bond motifs is 1. The van der Waals surface area contributed by atoms with Crippen molar-refractivity contribution >= 4 is 56.1 Å². The average Bonchev–Trinajstić information content (AvgIpc) is 3.15. The number of carbonyl (C=O) groups excluding carboxylic acids is 1. The number of hydrogen-bond acceptors (Lipinski definition) is 3. The summed E-state index contributed by atoms with van der Waals surface area (Å²) in [5.74, 6) is -0.534. The normalized spacial score (nSPS) is 16.9. The molecule has 1 amide bonds. The predicted molar refractivity (Wildman–Crippen MR) is 117 cm³/mol. The fraction of sp³-hybridized carbons (Fsp3) is 0.300. The molecule has 0 radical (unpaired) electrons. The Bertz CT molecular complexity index is 907. The van der Waals surface area contributed by atoms with Crippen LogP contribution in [0.25, 0.3) is 0 Å². The third-order valence-corrected chi connectivity index (χ3v) is 6.37. The number of anilines is 1. The van der Waals surface area contributed by atoms with Crippen molar-refractivity contribution in [3.63, 3.8) is 0 Å². The van der Waals surface area contributed by atoms with E-state index in [9.17, 15) is 9.18 Å². The Hall–Kier alpha value is -1.48. The number of nitrogens with one attached hydrogen (secondary N) is 1. The van der Waals surface area contributed by atoms with Gasteiger partial charge in [0.25, 0.3) is 5.91 Å². The summed E-state index contributed by atoms with van der Waals surface area (Å²) in [5, 5.41) is 2.87. The summed E-state index contributed by atoms with van der Waals surface area (Å²) in [6.45, 7) is 0.504. The van der Waals surface area contributed by atoms with E-state index in [0.717, 1.165) is 27.7 Å². The van der Waals surface area contributed by atoms with E-state index in [1.807, 2.05) is 0 Å². The van der Waals surface area contributed by atoms with Gasteiger partial charge in [-0.25, -0.2) is 9.38 Å². The van der Waals surface area contributed by atoms with Gasteiger partial charge < -0.3 is 4.90 Å². The molecule has 1 aliphatic heterocycles. The quantitative estimate of drug-likeness (QED) is 0.528. The summed E-state index contributed by atoms with van der Waals surface area (Å²) in [4.78, 5) is 19.6. The molecule has 1 aliphatic carbocycles. The lowest BCUT2D eigenvalue weighted by molar-refractivity contribution is 0.0971. The van der Waals surface area contributed by atoms with Gasteiger partial charge >= 0.3 is 0 Å². The summed E-state index contributed by atoms with van der Waals surface area (Å²) in [6.07, 6.45) is 4.45. The molecular formula is C20H18BrFIN3O. The average molecular weight is 542 g/mol. The molecular weight excluding hydrogens is 524 g/mol. The van der Waals surface area contributed by atoms with Gasteiger partial charge in [-0.05, 0) is 81.2 Å². The largest absolute Gasteiger partial charge is 0.309 e. The van der Waals surface area contributed by atoms with Crippen LogP contribution in [0.1, 0.15) is 41.6 Å². The molecule has 140 valence electrons. The zero-order valence-corrected chi connectivity index (χ0v) is 18.3. The Morgan fingerprint density at radius 3 is 2.78 bits per heavy atom. The molecule has 4 rings (SSSR count). The fourth-order valence-electron chi connectivity index (χ4n) is 3.76. The smallest absolute Gasteiger partial charge is 0.262 e. The van der Waals surface area contributed by atoms with Crippen LogP contribution in [0.15, 0.2) is 45.9 Å². The number of halogens is 3. The number of carbonyl (C=O) groups is 1. The molecule has 2 aromatic rings. The number of nitrogens with zero attached hydrogens (tertiary/aromatic N) is 2. The van der Waals surface area contributed by atoms with Crippen LogP contribution in [0.5, 0.6) is 0 Å². The molecule has 27 heavy (non-hydrogen) atoms. The van der Waals surface area contributed by atoms with E-state index in [1.54, 1.807) is 12.1 Å². The second kappa shape index (κ2) is 7.87. The molecule has 2 aromatic carbocycles. The zero-order chi connectivity index (χ0) is 19.0. The first-order valence-corrected chi connectivity index (χ1v) is 10.8. The van der Waals surface area contributed by atoms with Gasteiger partial charge in [-0.1, -0.05) is 25.0 Å². The number of hydrogen-bond donors (Lipinski definition) is 1. The van der Waals surface area contributed by atoms with Crippen molar-refractivity contribution in [3.05, 3.63) is 61.4 Å². The van der Waals surface area contributed by atoms with Crippen LogP contribution in [-0.2, 0) is 6.54 Å². The molecule has 1 fully saturated rings. The molecule has 1 saturated carbocycles. The fourth-order valence-corrected chi connectivity index (χ4v) is 4.75. The van der Waals surface area contributed by atoms with Gasteiger partial charge in [-0.2, -0.15) is 0 Å². The molecule has 0 saturated heterocycles. The van der Waals surface area contributed by atoms with Crippen LogP contribution >= 0.6 is 38.5 Å². The third kappa shape index (κ3) is 3.76. The highest BCUT2D eigenvalue weighted by molar-refractivity contribution is 14.1. The Morgan fingerprint density at radius 1 is 1.26 bits per heavy atom. The predicted octanol–water partition coefficient (Wildman–Crippen LogP) is 5.24. The maximum absolute atomic E-state index is 14.2. The van der Waals surface area contributed by atoms with Crippen molar-refractivity contribution in [2.24, 2.45) is 4.99 Å². The Kier molecular flexibility index (Phi) is 5.50. The molecule has 4 nitrogen and oxygen atoms in total. The SMILES string of the molecule is O=C(NC1=NCc2ccc(I)cc2N1C1CCCC1)c1c(F)cccc1Br. The van der Waals surface area contributed by atoms with Gasteiger partial charge in [0.1, 0.15) is 5.82 Å². The van der Waals surface area contributed by atoms with Crippen molar-refractivity contribution < 1.29 is 9.18 Å². The van der Waals surface area contributed by atoms with E-state index in [0.29, 0.717) is 23.0 Å². The molecule has 1 N–H and O–H groups in total. The van der Waals surface area contributed by atoms with Crippen LogP contribution in [-0.4, -0.2) is 17.9 Å². The number of amides is 1. The topological polar surface area (TPSA) is 44.7 Å². The minimum absolute atomic E-state index is 0.0000103. The van der Waals surface area contributed by atoms with Gasteiger partial charge in [-0.3, -0.25) is 10.1 Å². The lowest BCUT2D eigenvalue weighted by Gasteiger charge is -2.36. The first-order valence-electron chi connectivity index (χ1n) is 8.92. The molecule has 0 bridgehead atoms. The Balaban J connectivity index is 1.68. The second-order valence-electron chi connectivity index (χ2n) is 6.77. The Morgan fingerprint density at radius 2 is 2.04 bits per heavy atom. The number of rotatable bonds is 2. The highest BCUT2D eigenvalue weighted by Gasteiger charge is 2.32. The van der Waals surface area contributed by atoms with Crippen LogP contribution in [0.2, 0.25) is 0 Å². The van der Waals surface area contributed by atoms with Crippen molar-refractivity contribution in [2.75, 3.05) is 4.90 Å². The number of aliphatic imine (C=N–C) groups is 1. The lowest BCUT2D eigenvalue weighted by atomic mass is 10.1. The van der Waals surface area contributed by atoms with E-state index >= 15 is 0 Å². The maximum Gasteiger partial charge on any atom is 0.262 e. The van der Waals surface area contributed by atoms with Gasteiger partial charge in [0.15, 0.2) is 0 Å². The van der Waals surface area contributed by atoms with Gasteiger partial charge in [0.05, 0.1) is 17.8 Å². The van der Waals surface area contributed by atoms with E-state index in [-0.39, 0.29) is 5.56 Å². The second-order valence-corrected chi connectivity index (χ2v) is 8.87. The first kappa shape index (κ1) is 18.9. The van der Waals surface area contributed by atoms with Gasteiger partial charge in [-0.15, -0.1) is 0 Å². The standard InChI is InChI=1S/C20H18BrFIN3O/c21-15-6-3-7-16(22)18(15)19(27)25-20-24-11-12-8-9-13(23)10-17(12)26(20)14-4-1-2-5-14/h3,6-10,14H,1-2,4-5,11H2,(H,24,25,27). The van der Waals surface area contributed by atoms with Crippen molar-refractivity contribution in [1.29, 1.82) is 0 Å². The molecule has 0 atom stereocenters. The highest BCUT2D eigenvalue weighted by atomic mass is 127. The van der Waals surface area contributed by atoms with Gasteiger partial charge in [0, 0.05) is 14.1 Å². The van der Waals surface area contributed by atoms with E-state index in [1.165, 1.54) is 18.9 Å². The monoisotopic (exact) mass is 541 g/mol. The highest BCUT2D eigenvalue weighted by Crippen LogP contribution is 2.34. The molecule has 0 spiro atoms. The van der Waals surface area contributed by atoms with Crippen LogP contribution in [0.4, 0.5) is 10.1 Å². The minimum Gasteiger partial charge on any atom is -0.309 e. The summed E-state index contributed by atoms with van der Waals surface area (Å²) >= 11 is 5.57. The molecule has 2 aliphatic rings. The van der Waals surface area contributed by atoms with Crippen molar-refractivity contribution in [1.82, 2.24) is 5.32 Å². The molecule has 7 heteroatoms.